The molecule has 0 aromatic rings. The predicted octanol–water partition coefficient (Wildman–Crippen LogP) is 1.07. The SMILES string of the molecule is CC1CC(CN2CCC2CN)C1. The minimum Gasteiger partial charge on any atom is -0.329 e. The van der Waals surface area contributed by atoms with Crippen molar-refractivity contribution in [3.05, 3.63) is 0 Å². The van der Waals surface area contributed by atoms with E-state index in [0.29, 0.717) is 0 Å². The Morgan fingerprint density at radius 2 is 2.17 bits per heavy atom. The quantitative estimate of drug-likeness (QED) is 0.683. The third-order valence-electron chi connectivity index (χ3n) is 3.50. The van der Waals surface area contributed by atoms with E-state index in [1.165, 1.54) is 32.4 Å². The lowest BCUT2D eigenvalue weighted by Gasteiger charge is -2.45. The van der Waals surface area contributed by atoms with E-state index in [-0.39, 0.29) is 0 Å². The molecule has 2 aliphatic rings. The fourth-order valence-electron chi connectivity index (χ4n) is 2.55. The van der Waals surface area contributed by atoms with Gasteiger partial charge in [0.25, 0.3) is 0 Å². The summed E-state index contributed by atoms with van der Waals surface area (Å²) < 4.78 is 0. The van der Waals surface area contributed by atoms with Crippen LogP contribution in [0.15, 0.2) is 0 Å². The molecule has 0 radical (unpaired) electrons. The van der Waals surface area contributed by atoms with E-state index in [1.54, 1.807) is 0 Å². The molecule has 12 heavy (non-hydrogen) atoms. The summed E-state index contributed by atoms with van der Waals surface area (Å²) in [7, 11) is 0. The largest absolute Gasteiger partial charge is 0.329 e. The third kappa shape index (κ3) is 1.50. The molecule has 1 heterocycles. The average molecular weight is 168 g/mol. The van der Waals surface area contributed by atoms with Gasteiger partial charge in [0.05, 0.1) is 0 Å². The molecule has 0 spiro atoms. The van der Waals surface area contributed by atoms with Crippen LogP contribution >= 0.6 is 0 Å². The van der Waals surface area contributed by atoms with Crippen molar-refractivity contribution < 1.29 is 0 Å². The van der Waals surface area contributed by atoms with Crippen LogP contribution in [-0.4, -0.2) is 30.6 Å². The van der Waals surface area contributed by atoms with Crippen molar-refractivity contribution in [2.75, 3.05) is 19.6 Å². The average Bonchev–Trinajstić information content (AvgIpc) is 1.94. The van der Waals surface area contributed by atoms with Crippen LogP contribution in [0, 0.1) is 11.8 Å². The van der Waals surface area contributed by atoms with E-state index in [2.05, 4.69) is 11.8 Å². The lowest BCUT2D eigenvalue weighted by molar-refractivity contribution is 0.0437. The molecule has 0 aromatic heterocycles. The number of likely N-dealkylation sites (tertiary alicyclic amines) is 1. The smallest absolute Gasteiger partial charge is 0.0230 e. The molecule has 0 bridgehead atoms. The first-order chi connectivity index (χ1) is 5.79. The Hall–Kier alpha value is -0.0800. The van der Waals surface area contributed by atoms with Gasteiger partial charge in [0.2, 0.25) is 0 Å². The summed E-state index contributed by atoms with van der Waals surface area (Å²) in [5, 5.41) is 0. The summed E-state index contributed by atoms with van der Waals surface area (Å²) in [6.45, 7) is 5.84. The van der Waals surface area contributed by atoms with Gasteiger partial charge in [-0.25, -0.2) is 0 Å². The topological polar surface area (TPSA) is 29.3 Å². The van der Waals surface area contributed by atoms with Crippen LogP contribution in [0.4, 0.5) is 0 Å². The Kier molecular flexibility index (Phi) is 2.37. The van der Waals surface area contributed by atoms with Gasteiger partial charge in [0.1, 0.15) is 0 Å². The Morgan fingerprint density at radius 1 is 1.42 bits per heavy atom. The van der Waals surface area contributed by atoms with E-state index in [9.17, 15) is 0 Å². The van der Waals surface area contributed by atoms with Crippen molar-refractivity contribution in [1.82, 2.24) is 4.90 Å². The second kappa shape index (κ2) is 3.35. The molecule has 1 unspecified atom stereocenters. The van der Waals surface area contributed by atoms with Crippen LogP contribution in [0.25, 0.3) is 0 Å². The van der Waals surface area contributed by atoms with E-state index in [0.717, 1.165) is 24.4 Å². The molecule has 0 aromatic carbocycles. The highest BCUT2D eigenvalue weighted by molar-refractivity contribution is 4.87. The first-order valence-electron chi connectivity index (χ1n) is 5.23. The number of nitrogens with zero attached hydrogens (tertiary/aromatic N) is 1. The van der Waals surface area contributed by atoms with E-state index in [4.69, 9.17) is 5.73 Å². The fourth-order valence-corrected chi connectivity index (χ4v) is 2.55. The maximum absolute atomic E-state index is 5.65. The van der Waals surface area contributed by atoms with Crippen LogP contribution in [0.5, 0.6) is 0 Å². The summed E-state index contributed by atoms with van der Waals surface area (Å²) in [4.78, 5) is 2.57. The van der Waals surface area contributed by atoms with Crippen molar-refractivity contribution in [3.8, 4) is 0 Å². The van der Waals surface area contributed by atoms with E-state index in [1.807, 2.05) is 0 Å². The maximum atomic E-state index is 5.65. The molecule has 2 heteroatoms. The molecule has 1 saturated carbocycles. The molecule has 2 rings (SSSR count). The Balaban J connectivity index is 1.67. The third-order valence-corrected chi connectivity index (χ3v) is 3.50. The highest BCUT2D eigenvalue weighted by atomic mass is 15.2. The molecule has 1 saturated heterocycles. The molecule has 2 nitrogen and oxygen atoms in total. The minimum atomic E-state index is 0.723. The molecule has 1 atom stereocenters. The zero-order chi connectivity index (χ0) is 8.55. The fraction of sp³-hybridized carbons (Fsp3) is 1.00. The van der Waals surface area contributed by atoms with Crippen LogP contribution in [-0.2, 0) is 0 Å². The molecular formula is C10H20N2. The Morgan fingerprint density at radius 3 is 2.58 bits per heavy atom. The van der Waals surface area contributed by atoms with Gasteiger partial charge in [-0.3, -0.25) is 4.90 Å². The standard InChI is InChI=1S/C10H20N2/c1-8-4-9(5-8)7-12-3-2-10(12)6-11/h8-10H,2-7,11H2,1H3. The molecule has 1 aliphatic heterocycles. The molecule has 2 fully saturated rings. The van der Waals surface area contributed by atoms with Crippen molar-refractivity contribution >= 4 is 0 Å². The van der Waals surface area contributed by atoms with Gasteiger partial charge in [-0.2, -0.15) is 0 Å². The number of hydrogen-bond acceptors (Lipinski definition) is 2. The zero-order valence-electron chi connectivity index (χ0n) is 8.00. The van der Waals surface area contributed by atoms with Crippen molar-refractivity contribution in [1.29, 1.82) is 0 Å². The summed E-state index contributed by atoms with van der Waals surface area (Å²) >= 11 is 0. The monoisotopic (exact) mass is 168 g/mol. The Labute approximate surface area is 75.1 Å². The van der Waals surface area contributed by atoms with Gasteiger partial charge in [0.15, 0.2) is 0 Å². The number of rotatable bonds is 3. The highest BCUT2D eigenvalue weighted by Crippen LogP contribution is 2.35. The second-order valence-electron chi connectivity index (χ2n) is 4.62. The zero-order valence-corrected chi connectivity index (χ0v) is 8.00. The van der Waals surface area contributed by atoms with Gasteiger partial charge in [-0.05, 0) is 31.1 Å². The first-order valence-corrected chi connectivity index (χ1v) is 5.23. The van der Waals surface area contributed by atoms with Crippen LogP contribution < -0.4 is 5.73 Å². The summed E-state index contributed by atoms with van der Waals surface area (Å²) in [6.07, 6.45) is 4.24. The summed E-state index contributed by atoms with van der Waals surface area (Å²) in [5.41, 5.74) is 5.65. The lowest BCUT2D eigenvalue weighted by atomic mass is 9.75. The number of hydrogen-bond donors (Lipinski definition) is 1. The van der Waals surface area contributed by atoms with Crippen LogP contribution in [0.1, 0.15) is 26.2 Å². The highest BCUT2D eigenvalue weighted by Gasteiger charge is 2.32. The van der Waals surface area contributed by atoms with E-state index >= 15 is 0 Å². The summed E-state index contributed by atoms with van der Waals surface area (Å²) in [5.74, 6) is 1.99. The van der Waals surface area contributed by atoms with Crippen molar-refractivity contribution in [3.63, 3.8) is 0 Å². The molecule has 0 amide bonds. The van der Waals surface area contributed by atoms with Crippen molar-refractivity contribution in [2.45, 2.75) is 32.2 Å². The maximum Gasteiger partial charge on any atom is 0.0230 e. The molecule has 2 N–H and O–H groups in total. The van der Waals surface area contributed by atoms with Gasteiger partial charge in [-0.1, -0.05) is 6.92 Å². The lowest BCUT2D eigenvalue weighted by Crippen LogP contribution is -2.54. The molecule has 1 aliphatic carbocycles. The van der Waals surface area contributed by atoms with Crippen LogP contribution in [0.2, 0.25) is 0 Å². The van der Waals surface area contributed by atoms with Crippen molar-refractivity contribution in [2.24, 2.45) is 17.6 Å². The summed E-state index contributed by atoms with van der Waals surface area (Å²) in [6, 6.07) is 0.723. The second-order valence-corrected chi connectivity index (χ2v) is 4.62. The molecule has 70 valence electrons. The van der Waals surface area contributed by atoms with Gasteiger partial charge in [-0.15, -0.1) is 0 Å². The number of nitrogens with two attached hydrogens (primary N) is 1. The van der Waals surface area contributed by atoms with Gasteiger partial charge in [0, 0.05) is 25.7 Å². The molecular weight excluding hydrogens is 148 g/mol. The van der Waals surface area contributed by atoms with Gasteiger partial charge < -0.3 is 5.73 Å². The van der Waals surface area contributed by atoms with Gasteiger partial charge >= 0.3 is 0 Å². The van der Waals surface area contributed by atoms with E-state index < -0.39 is 0 Å². The normalized spacial score (nSPS) is 42.0. The Bertz CT molecular complexity index is 150. The predicted molar refractivity (Wildman–Crippen MR) is 50.9 cm³/mol. The first kappa shape index (κ1) is 8.52. The minimum absolute atomic E-state index is 0.723. The van der Waals surface area contributed by atoms with Crippen LogP contribution in [0.3, 0.4) is 0 Å².